The molecule has 1 atom stereocenters. The van der Waals surface area contributed by atoms with Gasteiger partial charge < -0.3 is 15.0 Å². The molecule has 1 aromatic carbocycles. The summed E-state index contributed by atoms with van der Waals surface area (Å²) in [4.78, 5) is 14.5. The molecule has 0 fully saturated rings. The van der Waals surface area contributed by atoms with Crippen molar-refractivity contribution in [3.63, 3.8) is 0 Å². The molecule has 0 aliphatic heterocycles. The van der Waals surface area contributed by atoms with Crippen molar-refractivity contribution in [1.82, 2.24) is 10.3 Å². The number of hydrogen-bond donors (Lipinski definition) is 3. The van der Waals surface area contributed by atoms with Gasteiger partial charge in [0.1, 0.15) is 6.61 Å². The molecule has 1 heterocycles. The van der Waals surface area contributed by atoms with Crippen LogP contribution in [0.4, 0.5) is 5.69 Å². The Balaban J connectivity index is 2.12. The van der Waals surface area contributed by atoms with Crippen molar-refractivity contribution in [2.75, 3.05) is 27.4 Å². The highest BCUT2D eigenvalue weighted by Gasteiger charge is 2.06. The molecule has 1 aromatic heterocycles. The number of carbonyl (C=O) groups is 1. The van der Waals surface area contributed by atoms with Crippen molar-refractivity contribution in [3.05, 3.63) is 30.0 Å². The van der Waals surface area contributed by atoms with Gasteiger partial charge in [-0.25, -0.2) is 4.21 Å². The fraction of sp³-hybridized carbons (Fsp3) is 0.357. The van der Waals surface area contributed by atoms with Crippen LogP contribution in [0.2, 0.25) is 0 Å². The van der Waals surface area contributed by atoms with E-state index in [-0.39, 0.29) is 12.5 Å². The van der Waals surface area contributed by atoms with Crippen LogP contribution in [0.1, 0.15) is 5.56 Å². The highest BCUT2D eigenvalue weighted by molar-refractivity contribution is 7.69. The summed E-state index contributed by atoms with van der Waals surface area (Å²) in [5, 5.41) is 3.76. The van der Waals surface area contributed by atoms with E-state index in [1.54, 1.807) is 6.07 Å². The molecule has 120 valence electrons. The Hall–Kier alpha value is -1.90. The van der Waals surface area contributed by atoms with Crippen LogP contribution in [0.3, 0.4) is 0 Å². The van der Waals surface area contributed by atoms with Gasteiger partial charge in [0.05, 0.1) is 12.8 Å². The second-order valence-corrected chi connectivity index (χ2v) is 5.64. The monoisotopic (exact) mass is 325 g/mol. The van der Waals surface area contributed by atoms with E-state index in [4.69, 9.17) is 4.74 Å². The van der Waals surface area contributed by atoms with Gasteiger partial charge in [0, 0.05) is 30.8 Å². The van der Waals surface area contributed by atoms with E-state index in [1.165, 1.54) is 14.2 Å². The van der Waals surface area contributed by atoms with Crippen LogP contribution >= 0.6 is 0 Å². The van der Waals surface area contributed by atoms with E-state index in [2.05, 4.69) is 18.8 Å². The number of methoxy groups -OCH3 is 1. The Bertz CT molecular complexity index is 735. The van der Waals surface area contributed by atoms with Crippen LogP contribution in [0.5, 0.6) is 0 Å². The van der Waals surface area contributed by atoms with Gasteiger partial charge in [-0.3, -0.25) is 8.98 Å². The van der Waals surface area contributed by atoms with Gasteiger partial charge >= 0.3 is 0 Å². The van der Waals surface area contributed by atoms with E-state index < -0.39 is 10.9 Å². The number of hydrogen-bond acceptors (Lipinski definition) is 5. The van der Waals surface area contributed by atoms with E-state index in [9.17, 15) is 9.00 Å². The molecule has 7 nitrogen and oxygen atoms in total. The number of benzene rings is 1. The largest absolute Gasteiger partial charge is 0.375 e. The van der Waals surface area contributed by atoms with Crippen molar-refractivity contribution < 1.29 is 17.9 Å². The molecule has 22 heavy (non-hydrogen) atoms. The second-order valence-electron chi connectivity index (χ2n) is 4.60. The number of nitrogens with zero attached hydrogens (tertiary/aromatic N) is 1. The number of aromatic nitrogens is 1. The molecule has 8 heteroatoms. The topological polar surface area (TPSA) is 92.8 Å². The van der Waals surface area contributed by atoms with E-state index in [0.29, 0.717) is 18.7 Å². The number of ether oxygens (including phenoxy) is 1. The number of carbonyl (C=O) groups excluding carboxylic acids is 1. The third kappa shape index (κ3) is 4.30. The first-order valence-electron chi connectivity index (χ1n) is 6.72. The van der Waals surface area contributed by atoms with Gasteiger partial charge in [-0.15, -0.1) is 0 Å². The summed E-state index contributed by atoms with van der Waals surface area (Å²) in [7, 11) is 0.798. The van der Waals surface area contributed by atoms with Gasteiger partial charge in [0.2, 0.25) is 5.91 Å². The first-order valence-corrected chi connectivity index (χ1v) is 7.85. The van der Waals surface area contributed by atoms with Crippen molar-refractivity contribution in [2.45, 2.75) is 6.42 Å². The lowest BCUT2D eigenvalue weighted by Gasteiger charge is -2.04. The average Bonchev–Trinajstić information content (AvgIpc) is 2.90. The van der Waals surface area contributed by atoms with Gasteiger partial charge in [-0.1, -0.05) is 0 Å². The SMILES string of the molecule is COCC(=O)NCCc1c[nH]c2ccc(N=[SH](=O)OC)cc12. The van der Waals surface area contributed by atoms with Crippen LogP contribution in [0.25, 0.3) is 10.9 Å². The van der Waals surface area contributed by atoms with Crippen molar-refractivity contribution in [3.8, 4) is 0 Å². The highest BCUT2D eigenvalue weighted by Crippen LogP contribution is 2.24. The van der Waals surface area contributed by atoms with Crippen LogP contribution < -0.4 is 5.32 Å². The zero-order chi connectivity index (χ0) is 15.9. The molecular weight excluding hydrogens is 306 g/mol. The molecule has 2 rings (SSSR count). The molecule has 0 saturated heterocycles. The second kappa shape index (κ2) is 7.92. The molecule has 2 N–H and O–H groups in total. The number of H-pyrrole nitrogens is 1. The predicted octanol–water partition coefficient (Wildman–Crippen LogP) is 1.33. The van der Waals surface area contributed by atoms with Crippen LogP contribution in [-0.4, -0.2) is 42.5 Å². The molecule has 0 bridgehead atoms. The number of amides is 1. The van der Waals surface area contributed by atoms with Gasteiger partial charge in [-0.2, -0.15) is 4.36 Å². The minimum absolute atomic E-state index is 0.0565. The first-order chi connectivity index (χ1) is 10.6. The summed E-state index contributed by atoms with van der Waals surface area (Å²) >= 11 is 0. The third-order valence-corrected chi connectivity index (χ3v) is 3.80. The Labute approximate surface area is 130 Å². The predicted molar refractivity (Wildman–Crippen MR) is 85.5 cm³/mol. The van der Waals surface area contributed by atoms with Gasteiger partial charge in [0.25, 0.3) is 0 Å². The zero-order valence-corrected chi connectivity index (χ0v) is 13.4. The molecule has 0 aliphatic rings. The molecule has 1 amide bonds. The quantitative estimate of drug-likeness (QED) is 0.670. The molecule has 0 radical (unpaired) electrons. The fourth-order valence-corrected chi connectivity index (χ4v) is 2.48. The zero-order valence-electron chi connectivity index (χ0n) is 12.5. The first kappa shape index (κ1) is 16.5. The Kier molecular flexibility index (Phi) is 5.93. The minimum atomic E-state index is -2.04. The molecule has 2 aromatic rings. The van der Waals surface area contributed by atoms with Gasteiger partial charge in [-0.05, 0) is 30.2 Å². The number of thiol groups is 1. The molecule has 0 spiro atoms. The maximum atomic E-state index is 11.3. The maximum Gasteiger partial charge on any atom is 0.245 e. The summed E-state index contributed by atoms with van der Waals surface area (Å²) < 4.78 is 24.7. The van der Waals surface area contributed by atoms with Crippen molar-refractivity contribution >= 4 is 33.4 Å². The Morgan fingerprint density at radius 1 is 1.41 bits per heavy atom. The summed E-state index contributed by atoms with van der Waals surface area (Å²) in [5.74, 6) is -0.143. The van der Waals surface area contributed by atoms with Crippen LogP contribution in [0, 0.1) is 0 Å². The average molecular weight is 325 g/mol. The number of fused-ring (bicyclic) bond motifs is 1. The van der Waals surface area contributed by atoms with Crippen LogP contribution in [0.15, 0.2) is 28.8 Å². The summed E-state index contributed by atoms with van der Waals surface area (Å²) in [5.41, 5.74) is 2.61. The maximum absolute atomic E-state index is 11.3. The molecule has 0 aliphatic carbocycles. The number of aromatic amines is 1. The smallest absolute Gasteiger partial charge is 0.245 e. The van der Waals surface area contributed by atoms with E-state index >= 15 is 0 Å². The number of rotatable bonds is 7. The molecular formula is C14H19N3O4S. The van der Waals surface area contributed by atoms with E-state index in [1.807, 2.05) is 18.3 Å². The van der Waals surface area contributed by atoms with Crippen molar-refractivity contribution in [1.29, 1.82) is 0 Å². The Morgan fingerprint density at radius 2 is 2.23 bits per heavy atom. The van der Waals surface area contributed by atoms with Crippen molar-refractivity contribution in [2.24, 2.45) is 4.36 Å². The normalized spacial score (nSPS) is 12.6. The lowest BCUT2D eigenvalue weighted by Crippen LogP contribution is -2.28. The highest BCUT2D eigenvalue weighted by atomic mass is 32.2. The molecule has 0 saturated carbocycles. The minimum Gasteiger partial charge on any atom is -0.375 e. The van der Waals surface area contributed by atoms with E-state index in [0.717, 1.165) is 16.5 Å². The lowest BCUT2D eigenvalue weighted by atomic mass is 10.1. The van der Waals surface area contributed by atoms with Crippen LogP contribution in [-0.2, 0) is 31.0 Å². The van der Waals surface area contributed by atoms with Gasteiger partial charge in [0.15, 0.2) is 10.9 Å². The standard InChI is InChI=1S/C14H19N3O4S/c1-20-9-14(18)15-6-5-10-8-16-13-4-3-11(7-12(10)13)17-22(19)21-2/h3-4,7-8,16,22H,5-6,9H2,1-2H3,(H,15,18). The molecule has 1 unspecified atom stereocenters. The Morgan fingerprint density at radius 3 is 2.95 bits per heavy atom. The summed E-state index contributed by atoms with van der Waals surface area (Å²) in [6, 6.07) is 5.50. The lowest BCUT2D eigenvalue weighted by molar-refractivity contribution is -0.124. The fourth-order valence-electron chi connectivity index (χ4n) is 2.09. The third-order valence-electron chi connectivity index (χ3n) is 3.10. The summed E-state index contributed by atoms with van der Waals surface area (Å²) in [6.45, 7) is 0.573. The number of nitrogens with one attached hydrogen (secondary N) is 2. The summed E-state index contributed by atoms with van der Waals surface area (Å²) in [6.07, 6.45) is 2.57.